The van der Waals surface area contributed by atoms with Gasteiger partial charge in [0.25, 0.3) is 0 Å². The van der Waals surface area contributed by atoms with Gasteiger partial charge in [-0.3, -0.25) is 9.36 Å². The minimum absolute atomic E-state index is 0.0380. The van der Waals surface area contributed by atoms with Crippen molar-refractivity contribution in [2.75, 3.05) is 0 Å². The van der Waals surface area contributed by atoms with Gasteiger partial charge < -0.3 is 5.73 Å². The van der Waals surface area contributed by atoms with Crippen molar-refractivity contribution >= 4 is 16.8 Å². The molecule has 0 spiro atoms. The van der Waals surface area contributed by atoms with Crippen LogP contribution in [0.5, 0.6) is 0 Å². The van der Waals surface area contributed by atoms with Crippen molar-refractivity contribution in [3.8, 4) is 0 Å². The van der Waals surface area contributed by atoms with Crippen LogP contribution in [0.1, 0.15) is 42.6 Å². The summed E-state index contributed by atoms with van der Waals surface area (Å²) < 4.78 is 1.71. The van der Waals surface area contributed by atoms with Gasteiger partial charge in [-0.1, -0.05) is 31.0 Å². The van der Waals surface area contributed by atoms with E-state index in [2.05, 4.69) is 6.07 Å². The van der Waals surface area contributed by atoms with Gasteiger partial charge in [-0.05, 0) is 24.0 Å². The van der Waals surface area contributed by atoms with E-state index in [0.717, 1.165) is 28.8 Å². The highest BCUT2D eigenvalue weighted by Gasteiger charge is 2.26. The summed E-state index contributed by atoms with van der Waals surface area (Å²) in [6.45, 7) is 1.59. The number of benzene rings is 1. The normalized spacial score (nSPS) is 17.0. The van der Waals surface area contributed by atoms with Crippen LogP contribution in [0.25, 0.3) is 10.9 Å². The molecule has 0 bridgehead atoms. The molecule has 3 rings (SSSR count). The third-order valence-electron chi connectivity index (χ3n) is 3.77. The van der Waals surface area contributed by atoms with Gasteiger partial charge in [-0.2, -0.15) is 0 Å². The van der Waals surface area contributed by atoms with Crippen LogP contribution in [0.3, 0.4) is 0 Å². The fraction of sp³-hybridized carbons (Fsp3) is 0.400. The number of hydrogen-bond donors (Lipinski definition) is 1. The van der Waals surface area contributed by atoms with Gasteiger partial charge >= 0.3 is 0 Å². The predicted octanol–water partition coefficient (Wildman–Crippen LogP) is 3.10. The molecule has 3 nitrogen and oxygen atoms in total. The first-order chi connectivity index (χ1) is 8.66. The molecule has 0 aliphatic heterocycles. The number of nitrogens with two attached hydrogens (primary N) is 1. The molecule has 0 amide bonds. The fourth-order valence-corrected chi connectivity index (χ4v) is 2.60. The number of nitrogens with zero attached hydrogens (tertiary/aromatic N) is 1. The van der Waals surface area contributed by atoms with Crippen molar-refractivity contribution in [1.29, 1.82) is 0 Å². The van der Waals surface area contributed by atoms with E-state index in [9.17, 15) is 4.79 Å². The Balaban J connectivity index is 2.07. The van der Waals surface area contributed by atoms with E-state index in [1.807, 2.05) is 24.4 Å². The molecule has 3 heteroatoms. The molecule has 1 aromatic carbocycles. The van der Waals surface area contributed by atoms with E-state index in [1.54, 1.807) is 11.5 Å². The zero-order chi connectivity index (χ0) is 12.7. The van der Waals surface area contributed by atoms with Gasteiger partial charge in [0.15, 0.2) is 0 Å². The highest BCUT2D eigenvalue weighted by molar-refractivity contribution is 5.93. The monoisotopic (exact) mass is 242 g/mol. The molecule has 2 N–H and O–H groups in total. The van der Waals surface area contributed by atoms with Crippen molar-refractivity contribution < 1.29 is 4.79 Å². The van der Waals surface area contributed by atoms with E-state index in [-0.39, 0.29) is 11.9 Å². The Morgan fingerprint density at radius 1 is 1.44 bits per heavy atom. The molecule has 1 fully saturated rings. The Morgan fingerprint density at radius 2 is 2.17 bits per heavy atom. The topological polar surface area (TPSA) is 48.0 Å². The minimum Gasteiger partial charge on any atom is -0.324 e. The number of para-hydroxylation sites is 1. The van der Waals surface area contributed by atoms with Crippen LogP contribution in [0.4, 0.5) is 0 Å². The molecule has 1 heterocycles. The number of carbonyl (C=O) groups is 1. The van der Waals surface area contributed by atoms with Crippen molar-refractivity contribution in [3.63, 3.8) is 0 Å². The van der Waals surface area contributed by atoms with Crippen LogP contribution in [-0.2, 0) is 0 Å². The summed E-state index contributed by atoms with van der Waals surface area (Å²) in [5.74, 6) is 0.829. The highest BCUT2D eigenvalue weighted by atomic mass is 16.1. The van der Waals surface area contributed by atoms with Crippen molar-refractivity contribution in [1.82, 2.24) is 4.57 Å². The lowest BCUT2D eigenvalue weighted by Crippen LogP contribution is -2.11. The van der Waals surface area contributed by atoms with E-state index >= 15 is 0 Å². The molecule has 1 aliphatic rings. The van der Waals surface area contributed by atoms with Crippen molar-refractivity contribution in [3.05, 3.63) is 36.0 Å². The second-order valence-electron chi connectivity index (χ2n) is 5.28. The van der Waals surface area contributed by atoms with Crippen LogP contribution >= 0.6 is 0 Å². The first-order valence-electron chi connectivity index (χ1n) is 6.53. The van der Waals surface area contributed by atoms with E-state index in [1.165, 1.54) is 12.8 Å². The maximum Gasteiger partial charge on any atom is 0.227 e. The second-order valence-corrected chi connectivity index (χ2v) is 5.28. The van der Waals surface area contributed by atoms with Crippen LogP contribution in [0.15, 0.2) is 30.5 Å². The number of hydrogen-bond acceptors (Lipinski definition) is 2. The Morgan fingerprint density at radius 3 is 2.83 bits per heavy atom. The van der Waals surface area contributed by atoms with Gasteiger partial charge in [-0.15, -0.1) is 0 Å². The van der Waals surface area contributed by atoms with Crippen molar-refractivity contribution in [2.24, 2.45) is 11.7 Å². The lowest BCUT2D eigenvalue weighted by Gasteiger charge is -2.09. The Hall–Kier alpha value is -1.61. The average Bonchev–Trinajstić information content (AvgIpc) is 3.07. The van der Waals surface area contributed by atoms with Crippen LogP contribution < -0.4 is 5.73 Å². The zero-order valence-corrected chi connectivity index (χ0v) is 10.6. The van der Waals surface area contributed by atoms with E-state index in [0.29, 0.717) is 0 Å². The summed E-state index contributed by atoms with van der Waals surface area (Å²) in [5, 5.41) is 1.11. The number of fused-ring (bicyclic) bond motifs is 1. The number of aromatic nitrogens is 1. The predicted molar refractivity (Wildman–Crippen MR) is 72.5 cm³/mol. The van der Waals surface area contributed by atoms with Crippen LogP contribution in [0.2, 0.25) is 0 Å². The zero-order valence-electron chi connectivity index (χ0n) is 10.6. The third kappa shape index (κ3) is 1.95. The van der Waals surface area contributed by atoms with Crippen molar-refractivity contribution in [2.45, 2.75) is 32.2 Å². The Bertz CT molecular complexity index is 596. The van der Waals surface area contributed by atoms with E-state index in [4.69, 9.17) is 5.73 Å². The summed E-state index contributed by atoms with van der Waals surface area (Å²) >= 11 is 0. The molecule has 18 heavy (non-hydrogen) atoms. The molecule has 0 saturated heterocycles. The number of rotatable bonds is 3. The average molecular weight is 242 g/mol. The number of carbonyl (C=O) groups excluding carboxylic acids is 1. The molecule has 1 atom stereocenters. The Kier molecular flexibility index (Phi) is 2.71. The van der Waals surface area contributed by atoms with Crippen LogP contribution in [-0.4, -0.2) is 10.5 Å². The molecular weight excluding hydrogens is 224 g/mol. The minimum atomic E-state index is 0.0380. The SMILES string of the molecule is CC(=O)n1cc([C@@H](N)CC2CC2)c2ccccc21. The quantitative estimate of drug-likeness (QED) is 0.899. The van der Waals surface area contributed by atoms with Crippen LogP contribution in [0, 0.1) is 5.92 Å². The van der Waals surface area contributed by atoms with Gasteiger partial charge in [0, 0.05) is 24.5 Å². The summed E-state index contributed by atoms with van der Waals surface area (Å²) in [4.78, 5) is 11.7. The molecule has 0 radical (unpaired) electrons. The summed E-state index contributed by atoms with van der Waals surface area (Å²) in [6.07, 6.45) is 5.56. The van der Waals surface area contributed by atoms with Gasteiger partial charge in [-0.25, -0.2) is 0 Å². The summed E-state index contributed by atoms with van der Waals surface area (Å²) in [5.41, 5.74) is 8.36. The molecule has 1 aliphatic carbocycles. The lowest BCUT2D eigenvalue weighted by atomic mass is 10.0. The maximum atomic E-state index is 11.7. The fourth-order valence-electron chi connectivity index (χ4n) is 2.60. The first kappa shape index (κ1) is 11.5. The Labute approximate surface area is 107 Å². The summed E-state index contributed by atoms with van der Waals surface area (Å²) in [6, 6.07) is 8.03. The highest BCUT2D eigenvalue weighted by Crippen LogP contribution is 2.38. The molecule has 0 unspecified atom stereocenters. The standard InChI is InChI=1S/C15H18N2O/c1-10(18)17-9-13(14(16)8-11-6-7-11)12-4-2-3-5-15(12)17/h2-5,9,11,14H,6-8,16H2,1H3/t14-/m0/s1. The molecule has 2 aromatic rings. The van der Waals surface area contributed by atoms with Gasteiger partial charge in [0.1, 0.15) is 0 Å². The second kappa shape index (κ2) is 4.25. The maximum absolute atomic E-state index is 11.7. The summed E-state index contributed by atoms with van der Waals surface area (Å²) in [7, 11) is 0. The molecule has 1 saturated carbocycles. The molecule has 94 valence electrons. The van der Waals surface area contributed by atoms with Gasteiger partial charge in [0.05, 0.1) is 5.52 Å². The lowest BCUT2D eigenvalue weighted by molar-refractivity contribution is 0.0941. The third-order valence-corrected chi connectivity index (χ3v) is 3.77. The van der Waals surface area contributed by atoms with Gasteiger partial charge in [0.2, 0.25) is 5.91 Å². The van der Waals surface area contributed by atoms with E-state index < -0.39 is 0 Å². The first-order valence-corrected chi connectivity index (χ1v) is 6.53. The molecular formula is C15H18N2O. The molecule has 1 aromatic heterocycles. The largest absolute Gasteiger partial charge is 0.324 e. The smallest absolute Gasteiger partial charge is 0.227 e.